The van der Waals surface area contributed by atoms with E-state index in [4.69, 9.17) is 9.47 Å². The van der Waals surface area contributed by atoms with E-state index in [2.05, 4.69) is 0 Å². The van der Waals surface area contributed by atoms with Crippen molar-refractivity contribution < 1.29 is 14.3 Å². The van der Waals surface area contributed by atoms with Crippen LogP contribution < -0.4 is 4.74 Å². The van der Waals surface area contributed by atoms with Gasteiger partial charge in [-0.1, -0.05) is 18.2 Å². The number of carbonyl (C=O) groups excluding carboxylic acids is 1. The summed E-state index contributed by atoms with van der Waals surface area (Å²) in [6.07, 6.45) is 1.40. The molecular weight excluding hydrogens is 168 g/mol. The van der Waals surface area contributed by atoms with Gasteiger partial charge in [-0.25, -0.2) is 4.79 Å². The van der Waals surface area contributed by atoms with Crippen LogP contribution in [0.3, 0.4) is 0 Å². The van der Waals surface area contributed by atoms with Crippen molar-refractivity contribution in [3.63, 3.8) is 0 Å². The van der Waals surface area contributed by atoms with Crippen molar-refractivity contribution in [3.05, 3.63) is 36.1 Å². The fourth-order valence-electron chi connectivity index (χ4n) is 1.27. The molecule has 13 heavy (non-hydrogen) atoms. The topological polar surface area (TPSA) is 35.5 Å². The van der Waals surface area contributed by atoms with Crippen molar-refractivity contribution in [1.82, 2.24) is 0 Å². The smallest absolute Gasteiger partial charge is 0.347 e. The van der Waals surface area contributed by atoms with Gasteiger partial charge in [-0.3, -0.25) is 0 Å². The monoisotopic (exact) mass is 176 g/mol. The number of methoxy groups -OCH3 is 1. The van der Waals surface area contributed by atoms with Crippen LogP contribution in [0.1, 0.15) is 5.56 Å². The summed E-state index contributed by atoms with van der Waals surface area (Å²) in [5, 5.41) is 0. The van der Waals surface area contributed by atoms with Gasteiger partial charge >= 0.3 is 5.97 Å². The minimum absolute atomic E-state index is 0.358. The van der Waals surface area contributed by atoms with Crippen molar-refractivity contribution in [3.8, 4) is 5.75 Å². The number of esters is 1. The summed E-state index contributed by atoms with van der Waals surface area (Å²) < 4.78 is 9.77. The fourth-order valence-corrected chi connectivity index (χ4v) is 1.27. The minimum atomic E-state index is -0.358. The number of para-hydroxylation sites is 1. The maximum atomic E-state index is 11.3. The molecule has 3 nitrogen and oxygen atoms in total. The molecule has 0 saturated heterocycles. The van der Waals surface area contributed by atoms with Crippen molar-refractivity contribution in [2.45, 2.75) is 0 Å². The molecule has 0 unspecified atom stereocenters. The highest BCUT2D eigenvalue weighted by atomic mass is 16.5. The third-order valence-corrected chi connectivity index (χ3v) is 1.84. The maximum absolute atomic E-state index is 11.3. The van der Waals surface area contributed by atoms with E-state index in [9.17, 15) is 4.79 Å². The van der Waals surface area contributed by atoms with E-state index in [1.54, 1.807) is 6.07 Å². The minimum Gasteiger partial charge on any atom is -0.503 e. The van der Waals surface area contributed by atoms with E-state index in [1.165, 1.54) is 13.4 Å². The Hall–Kier alpha value is -1.77. The maximum Gasteiger partial charge on any atom is 0.347 e. The van der Waals surface area contributed by atoms with Crippen molar-refractivity contribution in [2.75, 3.05) is 7.11 Å². The number of benzene rings is 1. The van der Waals surface area contributed by atoms with Crippen LogP contribution in [0.5, 0.6) is 5.75 Å². The third-order valence-electron chi connectivity index (χ3n) is 1.84. The lowest BCUT2D eigenvalue weighted by Gasteiger charge is -1.93. The van der Waals surface area contributed by atoms with E-state index in [-0.39, 0.29) is 5.97 Å². The number of carbonyl (C=O) groups is 1. The predicted octanol–water partition coefficient (Wildman–Crippen LogP) is 1.59. The molecule has 0 aromatic heterocycles. The number of hydrogen-bond donors (Lipinski definition) is 0. The molecule has 0 atom stereocenters. The van der Waals surface area contributed by atoms with Gasteiger partial charge < -0.3 is 9.47 Å². The molecule has 1 heterocycles. The van der Waals surface area contributed by atoms with Gasteiger partial charge in [0, 0.05) is 5.56 Å². The summed E-state index contributed by atoms with van der Waals surface area (Å²) in [4.78, 5) is 11.3. The Bertz CT molecular complexity index is 380. The lowest BCUT2D eigenvalue weighted by Crippen LogP contribution is -2.00. The van der Waals surface area contributed by atoms with Crippen LogP contribution in [0.25, 0.3) is 5.57 Å². The SMILES string of the molecule is COC=C1C(=O)Oc2ccccc21. The van der Waals surface area contributed by atoms with Crippen LogP contribution in [0, 0.1) is 0 Å². The highest BCUT2D eigenvalue weighted by Crippen LogP contribution is 2.33. The van der Waals surface area contributed by atoms with Crippen LogP contribution >= 0.6 is 0 Å². The van der Waals surface area contributed by atoms with Crippen molar-refractivity contribution in [1.29, 1.82) is 0 Å². The van der Waals surface area contributed by atoms with Gasteiger partial charge in [0.05, 0.1) is 13.4 Å². The molecule has 1 aromatic carbocycles. The number of ether oxygens (including phenoxy) is 2. The second-order valence-electron chi connectivity index (χ2n) is 2.65. The number of hydrogen-bond acceptors (Lipinski definition) is 3. The van der Waals surface area contributed by atoms with Gasteiger partial charge in [-0.05, 0) is 6.07 Å². The first-order valence-corrected chi connectivity index (χ1v) is 3.87. The van der Waals surface area contributed by atoms with E-state index in [0.717, 1.165) is 5.56 Å². The summed E-state index contributed by atoms with van der Waals surface area (Å²) >= 11 is 0. The molecule has 0 saturated carbocycles. The first-order valence-electron chi connectivity index (χ1n) is 3.87. The Morgan fingerprint density at radius 3 is 2.92 bits per heavy atom. The molecule has 1 aliphatic rings. The van der Waals surface area contributed by atoms with Crippen LogP contribution in [0.2, 0.25) is 0 Å². The zero-order chi connectivity index (χ0) is 9.26. The first-order chi connectivity index (χ1) is 6.33. The molecule has 0 amide bonds. The van der Waals surface area contributed by atoms with Crippen LogP contribution in [-0.2, 0) is 9.53 Å². The second-order valence-corrected chi connectivity index (χ2v) is 2.65. The third kappa shape index (κ3) is 1.18. The normalized spacial score (nSPS) is 17.0. The van der Waals surface area contributed by atoms with Gasteiger partial charge in [0.2, 0.25) is 0 Å². The highest BCUT2D eigenvalue weighted by molar-refractivity contribution is 6.21. The summed E-state index contributed by atoms with van der Waals surface area (Å²) in [5.74, 6) is 0.235. The van der Waals surface area contributed by atoms with E-state index >= 15 is 0 Å². The molecule has 1 aromatic rings. The lowest BCUT2D eigenvalue weighted by molar-refractivity contribution is -0.127. The number of fused-ring (bicyclic) bond motifs is 1. The summed E-state index contributed by atoms with van der Waals surface area (Å²) in [5.41, 5.74) is 1.26. The predicted molar refractivity (Wildman–Crippen MR) is 47.1 cm³/mol. The molecule has 0 aliphatic carbocycles. The van der Waals surface area contributed by atoms with Crippen LogP contribution in [0.4, 0.5) is 0 Å². The van der Waals surface area contributed by atoms with E-state index in [0.29, 0.717) is 11.3 Å². The first kappa shape index (κ1) is 7.86. The molecule has 1 aliphatic heterocycles. The van der Waals surface area contributed by atoms with E-state index in [1.807, 2.05) is 18.2 Å². The fraction of sp³-hybridized carbons (Fsp3) is 0.100. The average Bonchev–Trinajstić information content (AvgIpc) is 2.44. The van der Waals surface area contributed by atoms with Gasteiger partial charge in [0.25, 0.3) is 0 Å². The quantitative estimate of drug-likeness (QED) is 0.282. The standard InChI is InChI=1S/C10H8O3/c1-12-6-8-7-4-2-3-5-9(7)13-10(8)11/h2-6H,1H3. The molecular formula is C10H8O3. The molecule has 0 spiro atoms. The summed E-state index contributed by atoms with van der Waals surface area (Å²) in [6, 6.07) is 7.25. The molecule has 0 fully saturated rings. The molecule has 66 valence electrons. The Balaban J connectivity index is 2.53. The molecule has 3 heteroatoms. The Morgan fingerprint density at radius 2 is 2.15 bits per heavy atom. The highest BCUT2D eigenvalue weighted by Gasteiger charge is 2.26. The second kappa shape index (κ2) is 2.94. The van der Waals surface area contributed by atoms with Crippen molar-refractivity contribution >= 4 is 11.5 Å². The number of rotatable bonds is 1. The van der Waals surface area contributed by atoms with Crippen LogP contribution in [-0.4, -0.2) is 13.1 Å². The van der Waals surface area contributed by atoms with Gasteiger partial charge in [-0.15, -0.1) is 0 Å². The largest absolute Gasteiger partial charge is 0.503 e. The van der Waals surface area contributed by atoms with E-state index < -0.39 is 0 Å². The zero-order valence-corrected chi connectivity index (χ0v) is 7.11. The zero-order valence-electron chi connectivity index (χ0n) is 7.11. The average molecular weight is 176 g/mol. The van der Waals surface area contributed by atoms with Crippen LogP contribution in [0.15, 0.2) is 30.5 Å². The summed E-state index contributed by atoms with van der Waals surface area (Å²) in [6.45, 7) is 0. The Morgan fingerprint density at radius 1 is 1.38 bits per heavy atom. The van der Waals surface area contributed by atoms with Gasteiger partial charge in [-0.2, -0.15) is 0 Å². The molecule has 0 bridgehead atoms. The van der Waals surface area contributed by atoms with Gasteiger partial charge in [0.15, 0.2) is 0 Å². The lowest BCUT2D eigenvalue weighted by atomic mass is 10.1. The summed E-state index contributed by atoms with van der Waals surface area (Å²) in [7, 11) is 1.50. The van der Waals surface area contributed by atoms with Gasteiger partial charge in [0.1, 0.15) is 11.3 Å². The Kier molecular flexibility index (Phi) is 1.77. The molecule has 0 radical (unpaired) electrons. The Labute approximate surface area is 75.6 Å². The molecule has 2 rings (SSSR count). The molecule has 0 N–H and O–H groups in total. The van der Waals surface area contributed by atoms with Crippen molar-refractivity contribution in [2.24, 2.45) is 0 Å².